The van der Waals surface area contributed by atoms with Gasteiger partial charge in [0.1, 0.15) is 5.75 Å². The van der Waals surface area contributed by atoms with Crippen LogP contribution >= 0.6 is 0 Å². The fraction of sp³-hybridized carbons (Fsp3) is 0.650. The van der Waals surface area contributed by atoms with Crippen LogP contribution in [0.4, 0.5) is 8.78 Å². The fourth-order valence-corrected chi connectivity index (χ4v) is 3.57. The van der Waals surface area contributed by atoms with Gasteiger partial charge in [-0.1, -0.05) is 31.5 Å². The van der Waals surface area contributed by atoms with Gasteiger partial charge in [-0.3, -0.25) is 0 Å². The van der Waals surface area contributed by atoms with Crippen molar-refractivity contribution in [2.45, 2.75) is 58.5 Å². The van der Waals surface area contributed by atoms with Crippen LogP contribution in [0.5, 0.6) is 5.75 Å². The third-order valence-electron chi connectivity index (χ3n) is 4.82. The van der Waals surface area contributed by atoms with Crippen LogP contribution in [0.2, 0.25) is 0 Å². The van der Waals surface area contributed by atoms with E-state index in [1.165, 1.54) is 12.1 Å². The SMILES string of the molecule is CCC1CCC(COC(C)(C)C)C1C(F)(F)C(=O)Oc1ccccc1. The van der Waals surface area contributed by atoms with Crippen LogP contribution in [0.15, 0.2) is 30.3 Å². The highest BCUT2D eigenvalue weighted by atomic mass is 19.3. The third kappa shape index (κ3) is 5.00. The molecule has 3 unspecified atom stereocenters. The predicted octanol–water partition coefficient (Wildman–Crippen LogP) is 5.09. The number of carbonyl (C=O) groups excluding carboxylic acids is 1. The first-order chi connectivity index (χ1) is 11.6. The number of carbonyl (C=O) groups is 1. The van der Waals surface area contributed by atoms with E-state index in [0.29, 0.717) is 19.3 Å². The van der Waals surface area contributed by atoms with Crippen LogP contribution in [0, 0.1) is 17.8 Å². The molecule has 0 aromatic heterocycles. The highest BCUT2D eigenvalue weighted by Crippen LogP contribution is 2.48. The largest absolute Gasteiger partial charge is 0.422 e. The smallest absolute Gasteiger partial charge is 0.382 e. The fourth-order valence-electron chi connectivity index (χ4n) is 3.57. The van der Waals surface area contributed by atoms with Crippen molar-refractivity contribution >= 4 is 5.97 Å². The van der Waals surface area contributed by atoms with Crippen LogP contribution in [0.1, 0.15) is 47.0 Å². The Balaban J connectivity index is 2.15. The van der Waals surface area contributed by atoms with Crippen LogP contribution in [-0.2, 0) is 9.53 Å². The molecule has 0 saturated heterocycles. The Morgan fingerprint density at radius 1 is 1.12 bits per heavy atom. The van der Waals surface area contributed by atoms with Crippen molar-refractivity contribution in [3.63, 3.8) is 0 Å². The van der Waals surface area contributed by atoms with E-state index in [1.807, 2.05) is 27.7 Å². The minimum atomic E-state index is -3.53. The van der Waals surface area contributed by atoms with Gasteiger partial charge >= 0.3 is 11.9 Å². The average molecular weight is 354 g/mol. The Bertz CT molecular complexity index is 566. The molecule has 1 aliphatic rings. The second-order valence-corrected chi connectivity index (χ2v) is 7.78. The van der Waals surface area contributed by atoms with Gasteiger partial charge in [0.05, 0.1) is 12.2 Å². The van der Waals surface area contributed by atoms with E-state index in [0.717, 1.165) is 0 Å². The molecule has 0 heterocycles. The molecule has 1 saturated carbocycles. The third-order valence-corrected chi connectivity index (χ3v) is 4.82. The van der Waals surface area contributed by atoms with E-state index >= 15 is 0 Å². The molecule has 25 heavy (non-hydrogen) atoms. The number of alkyl halides is 2. The second kappa shape index (κ2) is 7.81. The molecule has 2 rings (SSSR count). The molecule has 0 N–H and O–H groups in total. The number of rotatable bonds is 6. The predicted molar refractivity (Wildman–Crippen MR) is 92.7 cm³/mol. The van der Waals surface area contributed by atoms with Gasteiger partial charge in [-0.15, -0.1) is 0 Å². The first-order valence-electron chi connectivity index (χ1n) is 8.94. The Morgan fingerprint density at radius 2 is 1.72 bits per heavy atom. The minimum Gasteiger partial charge on any atom is -0.422 e. The molecule has 1 aliphatic carbocycles. The second-order valence-electron chi connectivity index (χ2n) is 7.78. The quantitative estimate of drug-likeness (QED) is 0.527. The molecule has 1 aromatic rings. The maximum atomic E-state index is 15.0. The summed E-state index contributed by atoms with van der Waals surface area (Å²) in [4.78, 5) is 12.2. The lowest BCUT2D eigenvalue weighted by Gasteiger charge is -2.32. The van der Waals surface area contributed by atoms with Crippen molar-refractivity contribution in [3.05, 3.63) is 30.3 Å². The van der Waals surface area contributed by atoms with Crippen molar-refractivity contribution < 1.29 is 23.0 Å². The monoisotopic (exact) mass is 354 g/mol. The lowest BCUT2D eigenvalue weighted by atomic mass is 9.82. The topological polar surface area (TPSA) is 35.5 Å². The molecule has 1 fully saturated rings. The van der Waals surface area contributed by atoms with Crippen molar-refractivity contribution in [2.24, 2.45) is 17.8 Å². The van der Waals surface area contributed by atoms with Crippen LogP contribution in [0.25, 0.3) is 0 Å². The van der Waals surface area contributed by atoms with Gasteiger partial charge in [0.15, 0.2) is 0 Å². The molecule has 3 atom stereocenters. The van der Waals surface area contributed by atoms with Crippen molar-refractivity contribution in [2.75, 3.05) is 6.61 Å². The molecule has 0 amide bonds. The van der Waals surface area contributed by atoms with Gasteiger partial charge in [-0.05, 0) is 57.6 Å². The number of halogens is 2. The molecular weight excluding hydrogens is 326 g/mol. The maximum Gasteiger partial charge on any atom is 0.382 e. The van der Waals surface area contributed by atoms with Gasteiger partial charge in [0.25, 0.3) is 0 Å². The molecule has 0 radical (unpaired) electrons. The van der Waals surface area contributed by atoms with Crippen LogP contribution < -0.4 is 4.74 Å². The summed E-state index contributed by atoms with van der Waals surface area (Å²) in [6.45, 7) is 7.82. The zero-order chi connectivity index (χ0) is 18.7. The summed E-state index contributed by atoms with van der Waals surface area (Å²) in [6.07, 6.45) is 1.95. The van der Waals surface area contributed by atoms with Gasteiger partial charge in [0.2, 0.25) is 0 Å². The summed E-state index contributed by atoms with van der Waals surface area (Å²) in [5.74, 6) is -6.45. The van der Waals surface area contributed by atoms with Crippen molar-refractivity contribution in [1.29, 1.82) is 0 Å². The highest BCUT2D eigenvalue weighted by molar-refractivity contribution is 5.80. The number of ether oxygens (including phenoxy) is 2. The summed E-state index contributed by atoms with van der Waals surface area (Å²) in [7, 11) is 0. The molecular formula is C20H28F2O3. The lowest BCUT2D eigenvalue weighted by molar-refractivity contribution is -0.178. The van der Waals surface area contributed by atoms with E-state index in [2.05, 4.69) is 0 Å². The normalized spacial score (nSPS) is 24.3. The molecule has 5 heteroatoms. The Kier molecular flexibility index (Phi) is 6.20. The zero-order valence-electron chi connectivity index (χ0n) is 15.4. The number of benzene rings is 1. The van der Waals surface area contributed by atoms with E-state index in [9.17, 15) is 13.6 Å². The zero-order valence-corrected chi connectivity index (χ0v) is 15.4. The van der Waals surface area contributed by atoms with Crippen molar-refractivity contribution in [1.82, 2.24) is 0 Å². The van der Waals surface area contributed by atoms with E-state index in [-0.39, 0.29) is 24.2 Å². The standard InChI is InChI=1S/C20H28F2O3/c1-5-14-11-12-15(13-24-19(2,3)4)17(14)20(21,22)18(23)25-16-9-7-6-8-10-16/h6-10,14-15,17H,5,11-13H2,1-4H3. The number of para-hydroxylation sites is 1. The Hall–Kier alpha value is -1.49. The molecule has 140 valence electrons. The van der Waals surface area contributed by atoms with E-state index in [1.54, 1.807) is 18.2 Å². The van der Waals surface area contributed by atoms with E-state index < -0.39 is 23.4 Å². The van der Waals surface area contributed by atoms with Gasteiger partial charge in [0, 0.05) is 5.92 Å². The first kappa shape index (κ1) is 19.8. The summed E-state index contributed by atoms with van der Waals surface area (Å²) in [5, 5.41) is 0. The van der Waals surface area contributed by atoms with Crippen LogP contribution in [-0.4, -0.2) is 24.1 Å². The summed E-state index contributed by atoms with van der Waals surface area (Å²) >= 11 is 0. The molecule has 3 nitrogen and oxygen atoms in total. The average Bonchev–Trinajstić information content (AvgIpc) is 2.97. The number of hydrogen-bond acceptors (Lipinski definition) is 3. The summed E-state index contributed by atoms with van der Waals surface area (Å²) < 4.78 is 40.7. The van der Waals surface area contributed by atoms with Gasteiger partial charge in [-0.25, -0.2) is 4.79 Å². The Labute approximate surface area is 148 Å². The maximum absolute atomic E-state index is 15.0. The molecule has 0 aliphatic heterocycles. The first-order valence-corrected chi connectivity index (χ1v) is 8.94. The Morgan fingerprint density at radius 3 is 2.28 bits per heavy atom. The van der Waals surface area contributed by atoms with Crippen molar-refractivity contribution in [3.8, 4) is 5.75 Å². The van der Waals surface area contributed by atoms with E-state index in [4.69, 9.17) is 9.47 Å². The number of esters is 1. The molecule has 1 aromatic carbocycles. The number of hydrogen-bond donors (Lipinski definition) is 0. The molecule has 0 spiro atoms. The highest BCUT2D eigenvalue weighted by Gasteiger charge is 2.57. The van der Waals surface area contributed by atoms with Gasteiger partial charge < -0.3 is 9.47 Å². The van der Waals surface area contributed by atoms with Gasteiger partial charge in [-0.2, -0.15) is 8.78 Å². The summed E-state index contributed by atoms with van der Waals surface area (Å²) in [5.41, 5.74) is -0.394. The lowest BCUT2D eigenvalue weighted by Crippen LogP contribution is -2.46. The summed E-state index contributed by atoms with van der Waals surface area (Å²) in [6, 6.07) is 8.02. The minimum absolute atomic E-state index is 0.140. The van der Waals surface area contributed by atoms with Crippen LogP contribution in [0.3, 0.4) is 0 Å². The molecule has 0 bridgehead atoms.